The molecule has 1 aliphatic heterocycles. The maximum absolute atomic E-state index is 14.0. The monoisotopic (exact) mass is 397 g/mol. The molecule has 0 atom stereocenters. The molecule has 3 nitrogen and oxygen atoms in total. The van der Waals surface area contributed by atoms with Crippen LogP contribution in [0.25, 0.3) is 0 Å². The van der Waals surface area contributed by atoms with Crippen LogP contribution >= 0.6 is 0 Å². The molecule has 0 bridgehead atoms. The van der Waals surface area contributed by atoms with Crippen molar-refractivity contribution in [3.8, 4) is 0 Å². The van der Waals surface area contributed by atoms with Crippen molar-refractivity contribution in [2.24, 2.45) is 0 Å². The zero-order valence-electron chi connectivity index (χ0n) is 17.0. The summed E-state index contributed by atoms with van der Waals surface area (Å²) >= 11 is 0. The number of hydrogen-bond acceptors (Lipinski definition) is 3. The van der Waals surface area contributed by atoms with E-state index in [4.69, 9.17) is 0 Å². The van der Waals surface area contributed by atoms with E-state index in [1.807, 2.05) is 24.5 Å². The largest absolute Gasteiger partial charge is 0.337 e. The van der Waals surface area contributed by atoms with Crippen molar-refractivity contribution in [1.29, 1.82) is 0 Å². The molecule has 1 aromatic heterocycles. The number of aromatic nitrogens is 1. The molecule has 1 aromatic carbocycles. The molecule has 4 rings (SSSR count). The van der Waals surface area contributed by atoms with E-state index in [0.717, 1.165) is 43.9 Å². The minimum Gasteiger partial charge on any atom is -0.337 e. The standard InChI is InChI=1S/C24H29F2N3/c1-3-24(25,26)19-7-9-20(10-8-19)29(21-12-15-28(4-2)16-13-21)23-17-27-14-11-22(23)18-5-6-18/h3,7-11,14,17-18,21H,1,4-6,12-13,15-16H2,2H3. The number of nitrogens with zero attached hydrogens (tertiary/aromatic N) is 3. The van der Waals surface area contributed by atoms with Gasteiger partial charge >= 0.3 is 0 Å². The summed E-state index contributed by atoms with van der Waals surface area (Å²) in [4.78, 5) is 9.23. The number of pyridine rings is 1. The first kappa shape index (κ1) is 20.0. The number of allylic oxidation sites excluding steroid dienone is 1. The van der Waals surface area contributed by atoms with Crippen LogP contribution < -0.4 is 4.90 Å². The van der Waals surface area contributed by atoms with Gasteiger partial charge in [0.05, 0.1) is 11.9 Å². The molecule has 154 valence electrons. The van der Waals surface area contributed by atoms with Gasteiger partial charge in [-0.1, -0.05) is 25.6 Å². The topological polar surface area (TPSA) is 19.4 Å². The first-order valence-corrected chi connectivity index (χ1v) is 10.6. The Balaban J connectivity index is 1.70. The highest BCUT2D eigenvalue weighted by molar-refractivity contribution is 5.68. The van der Waals surface area contributed by atoms with Gasteiger partial charge in [-0.05, 0) is 68.0 Å². The molecule has 0 N–H and O–H groups in total. The molecule has 1 saturated heterocycles. The number of hydrogen-bond donors (Lipinski definition) is 0. The number of piperidine rings is 1. The summed E-state index contributed by atoms with van der Waals surface area (Å²) < 4.78 is 28.0. The van der Waals surface area contributed by atoms with Gasteiger partial charge < -0.3 is 9.80 Å². The molecule has 0 radical (unpaired) electrons. The zero-order chi connectivity index (χ0) is 20.4. The summed E-state index contributed by atoms with van der Waals surface area (Å²) in [5, 5.41) is 0. The van der Waals surface area contributed by atoms with Crippen LogP contribution in [0.15, 0.2) is 55.4 Å². The van der Waals surface area contributed by atoms with Crippen LogP contribution in [0.3, 0.4) is 0 Å². The van der Waals surface area contributed by atoms with Crippen LogP contribution in [-0.2, 0) is 5.92 Å². The van der Waals surface area contributed by atoms with Crippen molar-refractivity contribution >= 4 is 11.4 Å². The third-order valence-electron chi connectivity index (χ3n) is 6.27. The van der Waals surface area contributed by atoms with Gasteiger partial charge in [0, 0.05) is 36.6 Å². The molecule has 0 unspecified atom stereocenters. The van der Waals surface area contributed by atoms with E-state index >= 15 is 0 Å². The van der Waals surface area contributed by atoms with Crippen molar-refractivity contribution in [3.63, 3.8) is 0 Å². The Morgan fingerprint density at radius 3 is 2.41 bits per heavy atom. The lowest BCUT2D eigenvalue weighted by molar-refractivity contribution is 0.0525. The molecular formula is C24H29F2N3. The van der Waals surface area contributed by atoms with E-state index in [9.17, 15) is 8.78 Å². The van der Waals surface area contributed by atoms with Crippen molar-refractivity contribution < 1.29 is 8.78 Å². The van der Waals surface area contributed by atoms with E-state index in [2.05, 4.69) is 34.4 Å². The Kier molecular flexibility index (Phi) is 5.68. The quantitative estimate of drug-likeness (QED) is 0.546. The lowest BCUT2D eigenvalue weighted by Gasteiger charge is -2.40. The van der Waals surface area contributed by atoms with Crippen LogP contribution in [0.4, 0.5) is 20.2 Å². The van der Waals surface area contributed by atoms with Crippen molar-refractivity contribution in [2.75, 3.05) is 24.5 Å². The predicted molar refractivity (Wildman–Crippen MR) is 114 cm³/mol. The minimum atomic E-state index is -3.01. The molecule has 0 amide bonds. The van der Waals surface area contributed by atoms with Gasteiger partial charge in [0.2, 0.25) is 0 Å². The molecule has 1 aliphatic carbocycles. The minimum absolute atomic E-state index is 0.0226. The number of benzene rings is 1. The summed E-state index contributed by atoms with van der Waals surface area (Å²) in [6.45, 7) is 8.65. The second-order valence-corrected chi connectivity index (χ2v) is 8.12. The molecular weight excluding hydrogens is 368 g/mol. The van der Waals surface area contributed by atoms with Gasteiger partial charge in [-0.3, -0.25) is 4.98 Å². The Labute approximate surface area is 172 Å². The van der Waals surface area contributed by atoms with Crippen LogP contribution in [0.2, 0.25) is 0 Å². The molecule has 2 fully saturated rings. The van der Waals surface area contributed by atoms with Crippen LogP contribution in [-0.4, -0.2) is 35.6 Å². The third kappa shape index (κ3) is 4.20. The normalized spacial score (nSPS) is 18.6. The maximum atomic E-state index is 14.0. The first-order valence-electron chi connectivity index (χ1n) is 10.6. The fourth-order valence-electron chi connectivity index (χ4n) is 4.34. The average molecular weight is 398 g/mol. The summed E-state index contributed by atoms with van der Waals surface area (Å²) in [5.74, 6) is -2.42. The van der Waals surface area contributed by atoms with Crippen LogP contribution in [0, 0.1) is 0 Å². The summed E-state index contributed by atoms with van der Waals surface area (Å²) in [6, 6.07) is 9.16. The third-order valence-corrected chi connectivity index (χ3v) is 6.27. The van der Waals surface area contributed by atoms with Crippen LogP contribution in [0.5, 0.6) is 0 Å². The molecule has 2 heterocycles. The van der Waals surface area contributed by atoms with Gasteiger partial charge in [-0.2, -0.15) is 8.78 Å². The Morgan fingerprint density at radius 2 is 1.83 bits per heavy atom. The first-order chi connectivity index (χ1) is 14.0. The smallest absolute Gasteiger partial charge is 0.291 e. The zero-order valence-corrected chi connectivity index (χ0v) is 17.0. The van der Waals surface area contributed by atoms with Gasteiger partial charge in [0.1, 0.15) is 0 Å². The van der Waals surface area contributed by atoms with E-state index in [1.54, 1.807) is 0 Å². The fourth-order valence-corrected chi connectivity index (χ4v) is 4.34. The highest BCUT2D eigenvalue weighted by atomic mass is 19.3. The van der Waals surface area contributed by atoms with Crippen molar-refractivity contribution in [3.05, 3.63) is 66.5 Å². The second kappa shape index (κ2) is 8.23. The molecule has 5 heteroatoms. The van der Waals surface area contributed by atoms with Crippen LogP contribution in [0.1, 0.15) is 49.7 Å². The van der Waals surface area contributed by atoms with E-state index in [0.29, 0.717) is 18.0 Å². The Bertz CT molecular complexity index is 837. The molecule has 1 saturated carbocycles. The molecule has 29 heavy (non-hydrogen) atoms. The molecule has 2 aromatic rings. The van der Waals surface area contributed by atoms with Gasteiger partial charge in [-0.15, -0.1) is 0 Å². The number of likely N-dealkylation sites (tertiary alicyclic amines) is 1. The highest BCUT2D eigenvalue weighted by Crippen LogP contribution is 2.46. The SMILES string of the molecule is C=CC(F)(F)c1ccc(N(c2cnccc2C2CC2)C2CCN(CC)CC2)cc1. The number of anilines is 2. The van der Waals surface area contributed by atoms with Crippen molar-refractivity contribution in [2.45, 2.75) is 50.5 Å². The van der Waals surface area contributed by atoms with E-state index in [1.165, 1.54) is 30.5 Å². The van der Waals surface area contributed by atoms with Crippen molar-refractivity contribution in [1.82, 2.24) is 9.88 Å². The molecule has 2 aliphatic rings. The summed E-state index contributed by atoms with van der Waals surface area (Å²) in [6.07, 6.45) is 9.05. The lowest BCUT2D eigenvalue weighted by Crippen LogP contribution is -2.43. The Morgan fingerprint density at radius 1 is 1.14 bits per heavy atom. The van der Waals surface area contributed by atoms with Gasteiger partial charge in [0.25, 0.3) is 5.92 Å². The Hall–Kier alpha value is -2.27. The second-order valence-electron chi connectivity index (χ2n) is 8.12. The number of halogens is 2. The number of alkyl halides is 2. The highest BCUT2D eigenvalue weighted by Gasteiger charge is 2.33. The van der Waals surface area contributed by atoms with E-state index < -0.39 is 5.92 Å². The average Bonchev–Trinajstić information content (AvgIpc) is 3.60. The van der Waals surface area contributed by atoms with Gasteiger partial charge in [0.15, 0.2) is 0 Å². The fraction of sp³-hybridized carbons (Fsp3) is 0.458. The summed E-state index contributed by atoms with van der Waals surface area (Å²) in [7, 11) is 0. The number of rotatable bonds is 7. The maximum Gasteiger partial charge on any atom is 0.291 e. The summed E-state index contributed by atoms with van der Waals surface area (Å²) in [5.41, 5.74) is 3.40. The van der Waals surface area contributed by atoms with E-state index in [-0.39, 0.29) is 5.56 Å². The lowest BCUT2D eigenvalue weighted by atomic mass is 9.99. The molecule has 0 spiro atoms. The van der Waals surface area contributed by atoms with Gasteiger partial charge in [-0.25, -0.2) is 0 Å². The predicted octanol–water partition coefficient (Wildman–Crippen LogP) is 5.86.